The second-order valence-corrected chi connectivity index (χ2v) is 6.47. The quantitative estimate of drug-likeness (QED) is 0.694. The van der Waals surface area contributed by atoms with Gasteiger partial charge < -0.3 is 0 Å². The molecule has 0 spiro atoms. The highest BCUT2D eigenvalue weighted by Gasteiger charge is 2.15. The molecule has 0 saturated carbocycles. The summed E-state index contributed by atoms with van der Waals surface area (Å²) in [6, 6.07) is 8.09. The number of fused-ring (bicyclic) bond motifs is 1. The van der Waals surface area contributed by atoms with E-state index in [1.807, 2.05) is 22.7 Å². The molecule has 0 fully saturated rings. The van der Waals surface area contributed by atoms with Crippen LogP contribution < -0.4 is 0 Å². The average Bonchev–Trinajstić information content (AvgIpc) is 3.06. The highest BCUT2D eigenvalue weighted by Crippen LogP contribution is 2.31. The van der Waals surface area contributed by atoms with Crippen LogP contribution in [0.15, 0.2) is 28.7 Å². The molecule has 0 atom stereocenters. The van der Waals surface area contributed by atoms with Crippen molar-refractivity contribution in [2.24, 2.45) is 0 Å². The standard InChI is InChI=1S/C14H16BrN5S/c1-3-19(4-2)9-12-16-17-14-20(12)18-13(21-14)10-7-5-6-8-11(10)15/h5-8H,3-4,9H2,1-2H3. The summed E-state index contributed by atoms with van der Waals surface area (Å²) in [5.74, 6) is 0.892. The minimum absolute atomic E-state index is 0.771. The van der Waals surface area contributed by atoms with Crippen molar-refractivity contribution in [3.63, 3.8) is 0 Å². The van der Waals surface area contributed by atoms with Gasteiger partial charge in [-0.05, 0) is 19.2 Å². The third-order valence-corrected chi connectivity index (χ3v) is 5.04. The van der Waals surface area contributed by atoms with Crippen molar-refractivity contribution in [2.45, 2.75) is 20.4 Å². The lowest BCUT2D eigenvalue weighted by Crippen LogP contribution is -2.23. The monoisotopic (exact) mass is 365 g/mol. The minimum Gasteiger partial charge on any atom is -0.296 e. The van der Waals surface area contributed by atoms with Crippen molar-refractivity contribution < 1.29 is 0 Å². The predicted octanol–water partition coefficient (Wildman–Crippen LogP) is 3.46. The molecule has 0 N–H and O–H groups in total. The lowest BCUT2D eigenvalue weighted by atomic mass is 10.2. The molecule has 21 heavy (non-hydrogen) atoms. The maximum Gasteiger partial charge on any atom is 0.235 e. The molecular weight excluding hydrogens is 350 g/mol. The molecule has 0 aliphatic rings. The van der Waals surface area contributed by atoms with Gasteiger partial charge in [-0.25, -0.2) is 0 Å². The molecule has 0 aliphatic carbocycles. The van der Waals surface area contributed by atoms with Crippen molar-refractivity contribution in [2.75, 3.05) is 13.1 Å². The normalized spacial score (nSPS) is 11.6. The van der Waals surface area contributed by atoms with Gasteiger partial charge in [-0.3, -0.25) is 4.90 Å². The predicted molar refractivity (Wildman–Crippen MR) is 88.4 cm³/mol. The van der Waals surface area contributed by atoms with Crippen molar-refractivity contribution in [1.82, 2.24) is 24.7 Å². The Balaban J connectivity index is 1.98. The van der Waals surface area contributed by atoms with Gasteiger partial charge in [-0.1, -0.05) is 59.3 Å². The molecule has 0 amide bonds. The Morgan fingerprint density at radius 1 is 1.19 bits per heavy atom. The number of halogens is 1. The first-order valence-electron chi connectivity index (χ1n) is 6.91. The molecule has 110 valence electrons. The van der Waals surface area contributed by atoms with E-state index in [1.165, 1.54) is 0 Å². The van der Waals surface area contributed by atoms with Crippen LogP contribution in [0.5, 0.6) is 0 Å². The van der Waals surface area contributed by atoms with Gasteiger partial charge >= 0.3 is 0 Å². The Labute approximate surface area is 135 Å². The number of benzene rings is 1. The Hall–Kier alpha value is -1.31. The zero-order valence-corrected chi connectivity index (χ0v) is 14.4. The van der Waals surface area contributed by atoms with Gasteiger partial charge in [0.05, 0.1) is 6.54 Å². The summed E-state index contributed by atoms with van der Waals surface area (Å²) < 4.78 is 2.90. The summed E-state index contributed by atoms with van der Waals surface area (Å²) in [7, 11) is 0. The molecule has 0 bridgehead atoms. The van der Waals surface area contributed by atoms with E-state index in [2.05, 4.69) is 56.0 Å². The van der Waals surface area contributed by atoms with E-state index >= 15 is 0 Å². The first kappa shape index (κ1) is 14.6. The Bertz CT molecular complexity index is 747. The van der Waals surface area contributed by atoms with Crippen LogP contribution >= 0.6 is 27.3 Å². The maximum absolute atomic E-state index is 4.68. The number of hydrogen-bond donors (Lipinski definition) is 0. The van der Waals surface area contributed by atoms with Crippen molar-refractivity contribution in [3.8, 4) is 10.6 Å². The summed E-state index contributed by atoms with van der Waals surface area (Å²) in [6.45, 7) is 7.05. The van der Waals surface area contributed by atoms with Gasteiger partial charge in [0.1, 0.15) is 5.01 Å². The summed E-state index contributed by atoms with van der Waals surface area (Å²) in [4.78, 5) is 3.14. The molecule has 7 heteroatoms. The molecule has 2 heterocycles. The van der Waals surface area contributed by atoms with E-state index in [0.29, 0.717) is 0 Å². The van der Waals surface area contributed by atoms with E-state index in [9.17, 15) is 0 Å². The lowest BCUT2D eigenvalue weighted by Gasteiger charge is -2.15. The van der Waals surface area contributed by atoms with E-state index in [0.717, 1.165) is 45.5 Å². The average molecular weight is 366 g/mol. The van der Waals surface area contributed by atoms with E-state index < -0.39 is 0 Å². The maximum atomic E-state index is 4.68. The number of rotatable bonds is 5. The molecule has 5 nitrogen and oxygen atoms in total. The molecule has 0 radical (unpaired) electrons. The third-order valence-electron chi connectivity index (χ3n) is 3.42. The highest BCUT2D eigenvalue weighted by atomic mass is 79.9. The van der Waals surface area contributed by atoms with Crippen molar-refractivity contribution in [1.29, 1.82) is 0 Å². The number of hydrogen-bond acceptors (Lipinski definition) is 5. The van der Waals surface area contributed by atoms with Gasteiger partial charge in [0.25, 0.3) is 0 Å². The van der Waals surface area contributed by atoms with Gasteiger partial charge in [-0.15, -0.1) is 10.2 Å². The zero-order valence-electron chi connectivity index (χ0n) is 12.0. The highest BCUT2D eigenvalue weighted by molar-refractivity contribution is 9.10. The summed E-state index contributed by atoms with van der Waals surface area (Å²) in [6.07, 6.45) is 0. The lowest BCUT2D eigenvalue weighted by molar-refractivity contribution is 0.286. The van der Waals surface area contributed by atoms with E-state index in [-0.39, 0.29) is 0 Å². The fourth-order valence-corrected chi connectivity index (χ4v) is 3.65. The Morgan fingerprint density at radius 3 is 2.67 bits per heavy atom. The van der Waals surface area contributed by atoms with Crippen molar-refractivity contribution in [3.05, 3.63) is 34.6 Å². The fourth-order valence-electron chi connectivity index (χ4n) is 2.15. The molecule has 1 aromatic carbocycles. The van der Waals surface area contributed by atoms with Crippen LogP contribution in [0.25, 0.3) is 15.5 Å². The smallest absolute Gasteiger partial charge is 0.235 e. The zero-order chi connectivity index (χ0) is 14.8. The number of nitrogens with zero attached hydrogens (tertiary/aromatic N) is 5. The number of aromatic nitrogens is 4. The Morgan fingerprint density at radius 2 is 1.95 bits per heavy atom. The second-order valence-electron chi connectivity index (χ2n) is 4.66. The molecule has 3 rings (SSSR count). The van der Waals surface area contributed by atoms with Crippen LogP contribution in [0.2, 0.25) is 0 Å². The topological polar surface area (TPSA) is 46.3 Å². The Kier molecular flexibility index (Phi) is 4.32. The largest absolute Gasteiger partial charge is 0.296 e. The van der Waals surface area contributed by atoms with Crippen LogP contribution in [0, 0.1) is 0 Å². The second kappa shape index (κ2) is 6.21. The van der Waals surface area contributed by atoms with Gasteiger partial charge in [0, 0.05) is 10.0 Å². The van der Waals surface area contributed by atoms with Crippen LogP contribution in [0.3, 0.4) is 0 Å². The van der Waals surface area contributed by atoms with Crippen LogP contribution in [0.4, 0.5) is 0 Å². The molecule has 0 saturated heterocycles. The first-order chi connectivity index (χ1) is 10.2. The fraction of sp³-hybridized carbons (Fsp3) is 0.357. The first-order valence-corrected chi connectivity index (χ1v) is 8.52. The SMILES string of the molecule is CCN(CC)Cc1nnc2sc(-c3ccccc3Br)nn12. The summed E-state index contributed by atoms with van der Waals surface area (Å²) in [5, 5.41) is 14.1. The molecule has 3 aromatic rings. The van der Waals surface area contributed by atoms with E-state index in [4.69, 9.17) is 0 Å². The molecule has 2 aromatic heterocycles. The van der Waals surface area contributed by atoms with Gasteiger partial charge in [-0.2, -0.15) is 9.61 Å². The summed E-state index contributed by atoms with van der Waals surface area (Å²) >= 11 is 5.13. The van der Waals surface area contributed by atoms with Gasteiger partial charge in [0.15, 0.2) is 5.82 Å². The minimum atomic E-state index is 0.771. The third kappa shape index (κ3) is 2.86. The summed E-state index contributed by atoms with van der Waals surface area (Å²) in [5.41, 5.74) is 1.08. The van der Waals surface area contributed by atoms with Crippen LogP contribution in [-0.2, 0) is 6.54 Å². The van der Waals surface area contributed by atoms with Crippen LogP contribution in [-0.4, -0.2) is 37.8 Å². The van der Waals surface area contributed by atoms with Gasteiger partial charge in [0.2, 0.25) is 4.96 Å². The van der Waals surface area contributed by atoms with Crippen LogP contribution in [0.1, 0.15) is 19.7 Å². The molecular formula is C14H16BrN5S. The molecule has 0 aliphatic heterocycles. The molecule has 0 unspecified atom stereocenters. The van der Waals surface area contributed by atoms with E-state index in [1.54, 1.807) is 11.3 Å². The van der Waals surface area contributed by atoms with Crippen molar-refractivity contribution >= 4 is 32.2 Å².